The lowest BCUT2D eigenvalue weighted by Gasteiger charge is -2.40. The second kappa shape index (κ2) is 7.73. The minimum Gasteiger partial charge on any atom is -0.342 e. The second-order valence-electron chi connectivity index (χ2n) is 6.10. The summed E-state index contributed by atoms with van der Waals surface area (Å²) in [7, 11) is 0. The summed E-state index contributed by atoms with van der Waals surface area (Å²) in [5, 5.41) is 3.51. The molecule has 22 heavy (non-hydrogen) atoms. The molecule has 0 bridgehead atoms. The Bertz CT molecular complexity index is 476. The van der Waals surface area contributed by atoms with Gasteiger partial charge in [0, 0.05) is 19.6 Å². The first-order valence-electron chi connectivity index (χ1n) is 8.40. The molecule has 0 aliphatic heterocycles. The number of carbonyl (C=O) groups excluding carboxylic acids is 1. The molecule has 1 N–H and O–H groups in total. The van der Waals surface area contributed by atoms with E-state index in [0.717, 1.165) is 44.3 Å². The first-order valence-corrected chi connectivity index (χ1v) is 8.40. The third-order valence-corrected chi connectivity index (χ3v) is 4.71. The fraction of sp³-hybridized carbons (Fsp3) is 0.611. The van der Waals surface area contributed by atoms with Gasteiger partial charge in [0.2, 0.25) is 5.91 Å². The minimum absolute atomic E-state index is 0.222. The maximum Gasteiger partial charge on any atom is 0.242 e. The molecule has 1 aromatic carbocycles. The molecule has 0 saturated heterocycles. The Kier molecular flexibility index (Phi) is 5.95. The summed E-state index contributed by atoms with van der Waals surface area (Å²) in [4.78, 5) is 14.9. The molecule has 1 aliphatic carbocycles. The Morgan fingerprint density at radius 2 is 1.73 bits per heavy atom. The van der Waals surface area contributed by atoms with Crippen LogP contribution in [0.2, 0.25) is 0 Å². The van der Waals surface area contributed by atoms with Crippen molar-refractivity contribution in [3.8, 4) is 0 Å². The Hall–Kier alpha value is -1.42. The highest BCUT2D eigenvalue weighted by Gasteiger charge is 2.40. The smallest absolute Gasteiger partial charge is 0.242 e. The maximum absolute atomic E-state index is 13.0. The number of nitrogens with zero attached hydrogens (tertiary/aromatic N) is 1. The summed E-state index contributed by atoms with van der Waals surface area (Å²) in [6.45, 7) is 6.15. The van der Waals surface area contributed by atoms with Gasteiger partial charge in [0.15, 0.2) is 0 Å². The van der Waals surface area contributed by atoms with Crippen molar-refractivity contribution in [2.24, 2.45) is 0 Å². The van der Waals surface area contributed by atoms with Gasteiger partial charge < -0.3 is 4.90 Å². The molecular formula is C18H27FN2O. The van der Waals surface area contributed by atoms with Gasteiger partial charge >= 0.3 is 0 Å². The monoisotopic (exact) mass is 306 g/mol. The van der Waals surface area contributed by atoms with Gasteiger partial charge in [0.1, 0.15) is 5.82 Å². The Balaban J connectivity index is 2.11. The lowest BCUT2D eigenvalue weighted by molar-refractivity contribution is -0.139. The van der Waals surface area contributed by atoms with Crippen molar-refractivity contribution in [3.05, 3.63) is 35.6 Å². The Morgan fingerprint density at radius 3 is 2.27 bits per heavy atom. The highest BCUT2D eigenvalue weighted by Crippen LogP contribution is 2.30. The van der Waals surface area contributed by atoms with Crippen molar-refractivity contribution in [1.82, 2.24) is 10.2 Å². The molecule has 122 valence electrons. The molecule has 2 rings (SSSR count). The van der Waals surface area contributed by atoms with Gasteiger partial charge in [0.05, 0.1) is 5.54 Å². The van der Waals surface area contributed by atoms with Gasteiger partial charge in [-0.2, -0.15) is 0 Å². The molecule has 0 spiro atoms. The zero-order valence-electron chi connectivity index (χ0n) is 13.7. The van der Waals surface area contributed by atoms with Crippen molar-refractivity contribution in [3.63, 3.8) is 0 Å². The number of carbonyl (C=O) groups is 1. The normalized spacial score (nSPS) is 17.2. The van der Waals surface area contributed by atoms with E-state index in [4.69, 9.17) is 0 Å². The van der Waals surface area contributed by atoms with Crippen molar-refractivity contribution < 1.29 is 9.18 Å². The molecule has 3 nitrogen and oxygen atoms in total. The molecule has 0 aromatic heterocycles. The number of nitrogens with one attached hydrogen (secondary N) is 1. The average molecular weight is 306 g/mol. The van der Waals surface area contributed by atoms with Crippen molar-refractivity contribution in [2.45, 2.75) is 58.0 Å². The van der Waals surface area contributed by atoms with E-state index in [1.165, 1.54) is 18.6 Å². The lowest BCUT2D eigenvalue weighted by Crippen LogP contribution is -2.58. The van der Waals surface area contributed by atoms with E-state index in [1.54, 1.807) is 12.1 Å². The summed E-state index contributed by atoms with van der Waals surface area (Å²) >= 11 is 0. The zero-order chi connectivity index (χ0) is 16.0. The van der Waals surface area contributed by atoms with E-state index in [2.05, 4.69) is 5.32 Å². The molecule has 0 heterocycles. The average Bonchev–Trinajstić information content (AvgIpc) is 2.56. The number of hydrogen-bond donors (Lipinski definition) is 1. The summed E-state index contributed by atoms with van der Waals surface area (Å²) in [5.41, 5.74) is 0.567. The van der Waals surface area contributed by atoms with Crippen LogP contribution in [0.5, 0.6) is 0 Å². The van der Waals surface area contributed by atoms with E-state index < -0.39 is 5.54 Å². The van der Waals surface area contributed by atoms with Crippen LogP contribution in [0.4, 0.5) is 4.39 Å². The summed E-state index contributed by atoms with van der Waals surface area (Å²) in [6, 6.07) is 6.50. The Labute approximate surface area is 132 Å². The van der Waals surface area contributed by atoms with Crippen LogP contribution in [0.1, 0.15) is 51.5 Å². The fourth-order valence-electron chi connectivity index (χ4n) is 3.31. The van der Waals surface area contributed by atoms with Gasteiger partial charge in [-0.1, -0.05) is 31.4 Å². The van der Waals surface area contributed by atoms with Crippen molar-refractivity contribution >= 4 is 5.91 Å². The van der Waals surface area contributed by atoms with Gasteiger partial charge in [-0.25, -0.2) is 4.39 Å². The number of hydrogen-bond acceptors (Lipinski definition) is 2. The number of benzene rings is 1. The van der Waals surface area contributed by atoms with Crippen LogP contribution in [0, 0.1) is 5.82 Å². The van der Waals surface area contributed by atoms with Gasteiger partial charge in [0.25, 0.3) is 0 Å². The zero-order valence-corrected chi connectivity index (χ0v) is 13.7. The van der Waals surface area contributed by atoms with Gasteiger partial charge in [-0.3, -0.25) is 10.1 Å². The predicted octanol–water partition coefficient (Wildman–Crippen LogP) is 3.49. The van der Waals surface area contributed by atoms with Crippen LogP contribution < -0.4 is 5.32 Å². The molecule has 1 aromatic rings. The van der Waals surface area contributed by atoms with E-state index in [-0.39, 0.29) is 11.7 Å². The van der Waals surface area contributed by atoms with Gasteiger partial charge in [-0.05, 0) is 44.4 Å². The van der Waals surface area contributed by atoms with Crippen LogP contribution in [-0.2, 0) is 11.3 Å². The van der Waals surface area contributed by atoms with Crippen LogP contribution in [-0.4, -0.2) is 29.4 Å². The molecule has 1 aliphatic rings. The third kappa shape index (κ3) is 3.86. The SMILES string of the molecule is CCN(CC)C(=O)C1(NCc2ccc(F)cc2)CCCCC1. The minimum atomic E-state index is -0.446. The molecule has 1 saturated carbocycles. The molecule has 0 unspecified atom stereocenters. The summed E-state index contributed by atoms with van der Waals surface area (Å²) < 4.78 is 13.0. The lowest BCUT2D eigenvalue weighted by atomic mass is 9.80. The number of rotatable bonds is 6. The maximum atomic E-state index is 13.0. The van der Waals surface area contributed by atoms with Crippen LogP contribution >= 0.6 is 0 Å². The number of amides is 1. The predicted molar refractivity (Wildman–Crippen MR) is 87.0 cm³/mol. The number of halogens is 1. The first-order chi connectivity index (χ1) is 10.6. The second-order valence-corrected chi connectivity index (χ2v) is 6.10. The summed E-state index contributed by atoms with van der Waals surface area (Å²) in [5.74, 6) is -0.00495. The third-order valence-electron chi connectivity index (χ3n) is 4.71. The number of likely N-dealkylation sites (N-methyl/N-ethyl adjacent to an activating group) is 1. The molecule has 1 amide bonds. The van der Waals surface area contributed by atoms with E-state index >= 15 is 0 Å². The quantitative estimate of drug-likeness (QED) is 0.872. The van der Waals surface area contributed by atoms with Gasteiger partial charge in [-0.15, -0.1) is 0 Å². The molecule has 0 atom stereocenters. The van der Waals surface area contributed by atoms with Crippen LogP contribution in [0.3, 0.4) is 0 Å². The van der Waals surface area contributed by atoms with Crippen molar-refractivity contribution in [1.29, 1.82) is 0 Å². The molecule has 0 radical (unpaired) electrons. The molecule has 4 heteroatoms. The topological polar surface area (TPSA) is 32.3 Å². The first kappa shape index (κ1) is 16.9. The highest BCUT2D eigenvalue weighted by atomic mass is 19.1. The standard InChI is InChI=1S/C18H27FN2O/c1-3-21(4-2)17(22)18(12-6-5-7-13-18)20-14-15-8-10-16(19)11-9-15/h8-11,20H,3-7,12-14H2,1-2H3. The van der Waals surface area contributed by atoms with Crippen LogP contribution in [0.15, 0.2) is 24.3 Å². The fourth-order valence-corrected chi connectivity index (χ4v) is 3.31. The summed E-state index contributed by atoms with van der Waals surface area (Å²) in [6.07, 6.45) is 5.16. The molecular weight excluding hydrogens is 279 g/mol. The Morgan fingerprint density at radius 1 is 1.14 bits per heavy atom. The molecule has 1 fully saturated rings. The van der Waals surface area contributed by atoms with Crippen molar-refractivity contribution in [2.75, 3.05) is 13.1 Å². The van der Waals surface area contributed by atoms with E-state index in [1.807, 2.05) is 18.7 Å². The largest absolute Gasteiger partial charge is 0.342 e. The highest BCUT2D eigenvalue weighted by molar-refractivity contribution is 5.86. The van der Waals surface area contributed by atoms with E-state index in [9.17, 15) is 9.18 Å². The van der Waals surface area contributed by atoms with Crippen LogP contribution in [0.25, 0.3) is 0 Å². The van der Waals surface area contributed by atoms with E-state index in [0.29, 0.717) is 6.54 Å².